The van der Waals surface area contributed by atoms with Crippen LogP contribution in [0.5, 0.6) is 0 Å². The van der Waals surface area contributed by atoms with Crippen LogP contribution in [0, 0.1) is 11.3 Å². The molecule has 6 heteroatoms. The smallest absolute Gasteiger partial charge is 0.339 e. The quantitative estimate of drug-likeness (QED) is 0.747. The number of nitrogens with zero attached hydrogens (tertiary/aromatic N) is 3. The number of hydrogen-bond donors (Lipinski definition) is 0. The summed E-state index contributed by atoms with van der Waals surface area (Å²) >= 11 is 0. The molecule has 0 radical (unpaired) electrons. The lowest BCUT2D eigenvalue weighted by atomic mass is 10.1. The van der Waals surface area contributed by atoms with Gasteiger partial charge in [-0.3, -0.25) is 9.78 Å². The van der Waals surface area contributed by atoms with Gasteiger partial charge in [0.25, 0.3) is 5.91 Å². The van der Waals surface area contributed by atoms with Crippen LogP contribution in [0.25, 0.3) is 10.9 Å². The highest BCUT2D eigenvalue weighted by Crippen LogP contribution is 2.40. The molecule has 1 saturated carbocycles. The average Bonchev–Trinajstić information content (AvgIpc) is 3.49. The zero-order chi connectivity index (χ0) is 18.7. The van der Waals surface area contributed by atoms with Crippen molar-refractivity contribution in [1.82, 2.24) is 9.88 Å². The molecule has 1 fully saturated rings. The number of hydrogen-bond acceptors (Lipinski definition) is 5. The minimum absolute atomic E-state index is 0.239. The Kier molecular flexibility index (Phi) is 5.17. The Balaban J connectivity index is 1.81. The summed E-state index contributed by atoms with van der Waals surface area (Å²) in [4.78, 5) is 31.1. The van der Waals surface area contributed by atoms with Gasteiger partial charge in [0, 0.05) is 30.6 Å². The molecule has 6 nitrogen and oxygen atoms in total. The molecular formula is C20H21N3O3. The number of ether oxygens (including phenoxy) is 1. The molecule has 1 heterocycles. The van der Waals surface area contributed by atoms with E-state index in [1.165, 1.54) is 4.90 Å². The molecule has 1 aliphatic carbocycles. The SMILES string of the molecule is C[C@@H](OC(=O)c1cc(C2CC2)nc2ccccc12)C(=O)N(C)CCC#N. The fourth-order valence-electron chi connectivity index (χ4n) is 2.87. The van der Waals surface area contributed by atoms with Crippen molar-refractivity contribution < 1.29 is 14.3 Å². The molecule has 0 saturated heterocycles. The van der Waals surface area contributed by atoms with Gasteiger partial charge in [0.15, 0.2) is 6.10 Å². The normalized spacial score (nSPS) is 14.5. The molecule has 1 atom stereocenters. The lowest BCUT2D eigenvalue weighted by molar-refractivity contribution is -0.138. The van der Waals surface area contributed by atoms with Crippen molar-refractivity contribution in [3.8, 4) is 6.07 Å². The maximum atomic E-state index is 12.7. The number of pyridine rings is 1. The molecule has 0 aliphatic heterocycles. The number of esters is 1. The van der Waals surface area contributed by atoms with Crippen molar-refractivity contribution >= 4 is 22.8 Å². The molecule has 1 aromatic heterocycles. The van der Waals surface area contributed by atoms with Crippen LogP contribution in [0.15, 0.2) is 30.3 Å². The fraction of sp³-hybridized carbons (Fsp3) is 0.400. The largest absolute Gasteiger partial charge is 0.449 e. The summed E-state index contributed by atoms with van der Waals surface area (Å²) in [5.41, 5.74) is 2.10. The molecule has 0 bridgehead atoms. The van der Waals surface area contributed by atoms with Crippen LogP contribution < -0.4 is 0 Å². The standard InChI is InChI=1S/C20H21N3O3/c1-13(19(24)23(2)11-5-10-21)26-20(25)16-12-18(14-8-9-14)22-17-7-4-3-6-15(16)17/h3-4,6-7,12-14H,5,8-9,11H2,1-2H3/t13-/m1/s1. The van der Waals surface area contributed by atoms with Crippen LogP contribution in [0.1, 0.15) is 48.2 Å². The van der Waals surface area contributed by atoms with Crippen LogP contribution in [-0.4, -0.2) is 41.5 Å². The van der Waals surface area contributed by atoms with Gasteiger partial charge in [0.05, 0.1) is 23.6 Å². The number of carbonyl (C=O) groups is 2. The molecule has 0 unspecified atom stereocenters. The number of benzene rings is 1. The van der Waals surface area contributed by atoms with Crippen LogP contribution in [-0.2, 0) is 9.53 Å². The number of likely N-dealkylation sites (N-methyl/N-ethyl adjacent to an activating group) is 1. The monoisotopic (exact) mass is 351 g/mol. The first-order chi connectivity index (χ1) is 12.5. The summed E-state index contributed by atoms with van der Waals surface area (Å²) in [7, 11) is 1.59. The summed E-state index contributed by atoms with van der Waals surface area (Å²) in [5, 5.41) is 9.35. The van der Waals surface area contributed by atoms with Crippen molar-refractivity contribution in [1.29, 1.82) is 5.26 Å². The van der Waals surface area contributed by atoms with Crippen molar-refractivity contribution in [2.45, 2.75) is 38.2 Å². The molecule has 134 valence electrons. The maximum absolute atomic E-state index is 12.7. The van der Waals surface area contributed by atoms with E-state index in [2.05, 4.69) is 4.98 Å². The van der Waals surface area contributed by atoms with Crippen molar-refractivity contribution in [2.75, 3.05) is 13.6 Å². The van der Waals surface area contributed by atoms with Crippen LogP contribution in [0.3, 0.4) is 0 Å². The van der Waals surface area contributed by atoms with Crippen LogP contribution in [0.4, 0.5) is 0 Å². The summed E-state index contributed by atoms with van der Waals surface area (Å²) in [6.07, 6.45) is 1.49. The second kappa shape index (κ2) is 7.52. The Labute approximate surface area is 152 Å². The predicted octanol–water partition coefficient (Wildman–Crippen LogP) is 3.03. The number of para-hydroxylation sites is 1. The second-order valence-electron chi connectivity index (χ2n) is 6.60. The van der Waals surface area contributed by atoms with E-state index in [9.17, 15) is 9.59 Å². The van der Waals surface area contributed by atoms with Gasteiger partial charge >= 0.3 is 5.97 Å². The molecule has 1 amide bonds. The molecule has 0 N–H and O–H groups in total. The average molecular weight is 351 g/mol. The molecule has 2 aromatic rings. The summed E-state index contributed by atoms with van der Waals surface area (Å²) in [6, 6.07) is 11.2. The van der Waals surface area contributed by atoms with Gasteiger partial charge in [-0.2, -0.15) is 5.26 Å². The van der Waals surface area contributed by atoms with Gasteiger partial charge in [0.2, 0.25) is 0 Å². The summed E-state index contributed by atoms with van der Waals surface area (Å²) < 4.78 is 5.42. The number of carbonyl (C=O) groups excluding carboxylic acids is 2. The van der Waals surface area contributed by atoms with Crippen molar-refractivity contribution in [3.05, 3.63) is 41.6 Å². The van der Waals surface area contributed by atoms with Crippen molar-refractivity contribution in [2.24, 2.45) is 0 Å². The highest BCUT2D eigenvalue weighted by atomic mass is 16.5. The Morgan fingerprint density at radius 3 is 2.81 bits per heavy atom. The van der Waals surface area contributed by atoms with E-state index in [1.54, 1.807) is 20.0 Å². The Hall–Kier alpha value is -2.94. The van der Waals surface area contributed by atoms with Gasteiger partial charge in [-0.25, -0.2) is 4.79 Å². The Bertz CT molecular complexity index is 883. The molecule has 1 aliphatic rings. The third-order valence-corrected chi connectivity index (χ3v) is 4.52. The van der Waals surface area contributed by atoms with Gasteiger partial charge in [-0.1, -0.05) is 18.2 Å². The minimum Gasteiger partial charge on any atom is -0.449 e. The highest BCUT2D eigenvalue weighted by molar-refractivity contribution is 6.04. The summed E-state index contributed by atoms with van der Waals surface area (Å²) in [5.74, 6) is -0.447. The number of aromatic nitrogens is 1. The van der Waals surface area contributed by atoms with Crippen molar-refractivity contribution in [3.63, 3.8) is 0 Å². The van der Waals surface area contributed by atoms with Gasteiger partial charge in [-0.05, 0) is 31.9 Å². The van der Waals surface area contributed by atoms with E-state index in [-0.39, 0.29) is 12.3 Å². The number of amides is 1. The molecule has 1 aromatic carbocycles. The fourth-order valence-corrected chi connectivity index (χ4v) is 2.87. The first-order valence-electron chi connectivity index (χ1n) is 8.74. The third kappa shape index (κ3) is 3.83. The third-order valence-electron chi connectivity index (χ3n) is 4.52. The van der Waals surface area contributed by atoms with E-state index in [0.29, 0.717) is 18.0 Å². The van der Waals surface area contributed by atoms with E-state index >= 15 is 0 Å². The van der Waals surface area contributed by atoms with Gasteiger partial charge in [0.1, 0.15) is 0 Å². The predicted molar refractivity (Wildman–Crippen MR) is 96.5 cm³/mol. The zero-order valence-electron chi connectivity index (χ0n) is 14.9. The lowest BCUT2D eigenvalue weighted by Gasteiger charge is -2.20. The zero-order valence-corrected chi connectivity index (χ0v) is 14.9. The first-order valence-corrected chi connectivity index (χ1v) is 8.74. The minimum atomic E-state index is -0.914. The highest BCUT2D eigenvalue weighted by Gasteiger charge is 2.28. The molecular weight excluding hydrogens is 330 g/mol. The number of nitriles is 1. The van der Waals surface area contributed by atoms with Crippen LogP contribution in [0.2, 0.25) is 0 Å². The van der Waals surface area contributed by atoms with E-state index < -0.39 is 12.1 Å². The molecule has 3 rings (SSSR count). The molecule has 26 heavy (non-hydrogen) atoms. The number of fused-ring (bicyclic) bond motifs is 1. The maximum Gasteiger partial charge on any atom is 0.339 e. The topological polar surface area (TPSA) is 83.3 Å². The Morgan fingerprint density at radius 1 is 1.38 bits per heavy atom. The Morgan fingerprint density at radius 2 is 2.12 bits per heavy atom. The van der Waals surface area contributed by atoms with E-state index in [0.717, 1.165) is 29.4 Å². The van der Waals surface area contributed by atoms with Gasteiger partial charge in [-0.15, -0.1) is 0 Å². The van der Waals surface area contributed by atoms with Crippen LogP contribution >= 0.6 is 0 Å². The molecule has 0 spiro atoms. The lowest BCUT2D eigenvalue weighted by Crippen LogP contribution is -2.38. The number of rotatable bonds is 6. The summed E-state index contributed by atoms with van der Waals surface area (Å²) in [6.45, 7) is 1.86. The van der Waals surface area contributed by atoms with E-state index in [4.69, 9.17) is 10.00 Å². The van der Waals surface area contributed by atoms with E-state index in [1.807, 2.05) is 30.3 Å². The second-order valence-corrected chi connectivity index (χ2v) is 6.60. The first kappa shape index (κ1) is 17.9. The van der Waals surface area contributed by atoms with Gasteiger partial charge < -0.3 is 9.64 Å².